The highest BCUT2D eigenvalue weighted by molar-refractivity contribution is 7.89. The third kappa shape index (κ3) is 9.09. The Morgan fingerprint density at radius 1 is 1.07 bits per heavy atom. The molecule has 1 aliphatic heterocycles. The average Bonchev–Trinajstić information content (AvgIpc) is 3.45. The number of nitrogens with zero attached hydrogens (tertiary/aromatic N) is 2. The van der Waals surface area contributed by atoms with Gasteiger partial charge in [0, 0.05) is 18.5 Å². The van der Waals surface area contributed by atoms with Gasteiger partial charge in [0.05, 0.1) is 24.1 Å². The number of nitrogens with two attached hydrogens (primary N) is 1. The molecule has 14 heteroatoms. The number of esters is 1. The van der Waals surface area contributed by atoms with Crippen molar-refractivity contribution in [1.82, 2.24) is 10.0 Å². The van der Waals surface area contributed by atoms with Crippen molar-refractivity contribution >= 4 is 50.3 Å². The van der Waals surface area contributed by atoms with Crippen molar-refractivity contribution in [2.75, 3.05) is 13.7 Å². The van der Waals surface area contributed by atoms with E-state index in [2.05, 4.69) is 20.2 Å². The first-order valence-electron chi connectivity index (χ1n) is 14.0. The number of hydrogen-bond acceptors (Lipinski definition) is 9. The van der Waals surface area contributed by atoms with E-state index in [9.17, 15) is 22.8 Å². The number of rotatable bonds is 10. The number of aliphatic imine (C=N–C) groups is 1. The molecular weight excluding hydrogens is 602 g/mol. The normalized spacial score (nSPS) is 16.0. The Kier molecular flexibility index (Phi) is 10.2. The summed E-state index contributed by atoms with van der Waals surface area (Å²) in [6.07, 6.45) is -1.14. The number of amides is 2. The van der Waals surface area contributed by atoms with E-state index in [0.29, 0.717) is 23.1 Å². The van der Waals surface area contributed by atoms with Gasteiger partial charge in [-0.3, -0.25) is 9.59 Å². The molecule has 1 heterocycles. The second kappa shape index (κ2) is 13.9. The fourth-order valence-corrected chi connectivity index (χ4v) is 5.61. The Morgan fingerprint density at radius 2 is 1.76 bits per heavy atom. The topological polar surface area (TPSA) is 188 Å². The molecule has 4 rings (SSSR count). The largest absolute Gasteiger partial charge is 0.468 e. The van der Waals surface area contributed by atoms with E-state index >= 15 is 0 Å². The summed E-state index contributed by atoms with van der Waals surface area (Å²) in [5, 5.41) is 8.23. The molecule has 0 aliphatic carbocycles. The van der Waals surface area contributed by atoms with Gasteiger partial charge in [-0.1, -0.05) is 59.8 Å². The number of carbonyl (C=O) groups is 3. The van der Waals surface area contributed by atoms with E-state index < -0.39 is 45.7 Å². The standard InChI is InChI=1S/C31H35N5O8S/c1-31(2,3)43-30(39)34-28(32)21-11-9-20(10-12-21)25-16-23(44-35-25)17-27(37)33-18-26(29(38)42-4)36-45(40,41)24-14-13-19-7-5-6-8-22(19)15-24/h5-15,23,26,36H,16-18H2,1-4H3,(H,33,37)(H2,32,34,39)/t23?,26-/m0/s1. The van der Waals surface area contributed by atoms with E-state index in [-0.39, 0.29) is 23.7 Å². The number of sulfonamides is 1. The summed E-state index contributed by atoms with van der Waals surface area (Å²) in [6, 6.07) is 17.3. The van der Waals surface area contributed by atoms with Crippen molar-refractivity contribution in [1.29, 1.82) is 0 Å². The smallest absolute Gasteiger partial charge is 0.436 e. The van der Waals surface area contributed by atoms with E-state index in [1.165, 1.54) is 12.1 Å². The van der Waals surface area contributed by atoms with Crippen LogP contribution in [0, 0.1) is 0 Å². The van der Waals surface area contributed by atoms with Gasteiger partial charge in [0.1, 0.15) is 23.6 Å². The van der Waals surface area contributed by atoms with Crippen molar-refractivity contribution in [2.45, 2.75) is 56.3 Å². The minimum atomic E-state index is -4.12. The molecule has 0 bridgehead atoms. The minimum Gasteiger partial charge on any atom is -0.468 e. The molecule has 1 unspecified atom stereocenters. The molecule has 0 fully saturated rings. The first-order valence-corrected chi connectivity index (χ1v) is 15.5. The molecule has 2 amide bonds. The summed E-state index contributed by atoms with van der Waals surface area (Å²) in [7, 11) is -2.99. The van der Waals surface area contributed by atoms with Gasteiger partial charge in [0.25, 0.3) is 0 Å². The number of hydrogen-bond donors (Lipinski definition) is 3. The highest BCUT2D eigenvalue weighted by atomic mass is 32.2. The van der Waals surface area contributed by atoms with Crippen molar-refractivity contribution in [3.8, 4) is 0 Å². The van der Waals surface area contributed by atoms with E-state index in [1.807, 2.05) is 12.1 Å². The monoisotopic (exact) mass is 637 g/mol. The summed E-state index contributed by atoms with van der Waals surface area (Å²) in [4.78, 5) is 46.2. The van der Waals surface area contributed by atoms with Gasteiger partial charge < -0.3 is 25.4 Å². The van der Waals surface area contributed by atoms with Crippen LogP contribution in [0.25, 0.3) is 10.8 Å². The number of fused-ring (bicyclic) bond motifs is 1. The van der Waals surface area contributed by atoms with Crippen LogP contribution in [0.2, 0.25) is 0 Å². The Morgan fingerprint density at radius 3 is 2.42 bits per heavy atom. The van der Waals surface area contributed by atoms with Gasteiger partial charge in [-0.05, 0) is 49.2 Å². The molecule has 13 nitrogen and oxygen atoms in total. The number of ether oxygens (including phenoxy) is 2. The zero-order chi connectivity index (χ0) is 32.8. The van der Waals surface area contributed by atoms with Gasteiger partial charge >= 0.3 is 12.1 Å². The molecular formula is C31H35N5O8S. The van der Waals surface area contributed by atoms with Gasteiger partial charge in [-0.15, -0.1) is 0 Å². The van der Waals surface area contributed by atoms with Crippen LogP contribution in [-0.4, -0.2) is 69.3 Å². The number of benzene rings is 3. The molecule has 0 saturated carbocycles. The lowest BCUT2D eigenvalue weighted by Gasteiger charge is -2.18. The maximum absolute atomic E-state index is 13.1. The molecule has 1 aliphatic rings. The molecule has 2 atom stereocenters. The van der Waals surface area contributed by atoms with E-state index in [1.54, 1.807) is 63.2 Å². The Balaban J connectivity index is 1.30. The lowest BCUT2D eigenvalue weighted by molar-refractivity contribution is -0.142. The third-order valence-corrected chi connectivity index (χ3v) is 8.05. The molecule has 0 aromatic heterocycles. The molecule has 0 saturated heterocycles. The second-order valence-corrected chi connectivity index (χ2v) is 13.0. The van der Waals surface area contributed by atoms with Gasteiger partial charge in [0.15, 0.2) is 0 Å². The lowest BCUT2D eigenvalue weighted by atomic mass is 10.0. The van der Waals surface area contributed by atoms with Crippen molar-refractivity contribution < 1.29 is 37.1 Å². The molecule has 0 spiro atoms. The van der Waals surface area contributed by atoms with Crippen LogP contribution in [0.1, 0.15) is 44.7 Å². The van der Waals surface area contributed by atoms with Gasteiger partial charge in [0.2, 0.25) is 15.9 Å². The van der Waals surface area contributed by atoms with Crippen LogP contribution in [0.5, 0.6) is 0 Å². The van der Waals surface area contributed by atoms with Crippen LogP contribution in [0.3, 0.4) is 0 Å². The zero-order valence-electron chi connectivity index (χ0n) is 25.3. The van der Waals surface area contributed by atoms with E-state index in [4.69, 9.17) is 20.0 Å². The molecule has 3 aromatic carbocycles. The van der Waals surface area contributed by atoms with Crippen molar-refractivity contribution in [3.63, 3.8) is 0 Å². The van der Waals surface area contributed by atoms with Crippen LogP contribution in [-0.2, 0) is 33.9 Å². The fraction of sp³-hybridized carbons (Fsp3) is 0.323. The average molecular weight is 638 g/mol. The van der Waals surface area contributed by atoms with Crippen molar-refractivity contribution in [3.05, 3.63) is 77.9 Å². The number of nitrogens with one attached hydrogen (secondary N) is 2. The van der Waals surface area contributed by atoms with Crippen molar-refractivity contribution in [2.24, 2.45) is 15.9 Å². The van der Waals surface area contributed by atoms with Gasteiger partial charge in [-0.25, -0.2) is 13.2 Å². The first-order chi connectivity index (χ1) is 21.2. The molecule has 238 valence electrons. The van der Waals surface area contributed by atoms with Crippen LogP contribution in [0.4, 0.5) is 4.79 Å². The summed E-state index contributed by atoms with van der Waals surface area (Å²) < 4.78 is 38.3. The molecule has 45 heavy (non-hydrogen) atoms. The first kappa shape index (κ1) is 33.1. The maximum Gasteiger partial charge on any atom is 0.436 e. The number of carbonyl (C=O) groups excluding carboxylic acids is 3. The predicted octanol–water partition coefficient (Wildman–Crippen LogP) is 3.00. The molecule has 0 radical (unpaired) electrons. The highest BCUT2D eigenvalue weighted by Crippen LogP contribution is 2.21. The number of oxime groups is 1. The van der Waals surface area contributed by atoms with E-state index in [0.717, 1.165) is 18.1 Å². The lowest BCUT2D eigenvalue weighted by Crippen LogP contribution is -2.49. The highest BCUT2D eigenvalue weighted by Gasteiger charge is 2.29. The quantitative estimate of drug-likeness (QED) is 0.171. The zero-order valence-corrected chi connectivity index (χ0v) is 26.1. The SMILES string of the molecule is COC(=O)[C@H](CNC(=O)CC1CC(c2ccc(/C(N)=N/C(=O)OC(C)(C)C)cc2)=NO1)NS(=O)(=O)c1ccc2ccccc2c1. The third-order valence-electron chi connectivity index (χ3n) is 6.58. The van der Waals surface area contributed by atoms with Crippen LogP contribution < -0.4 is 15.8 Å². The number of methoxy groups -OCH3 is 1. The molecule has 4 N–H and O–H groups in total. The predicted molar refractivity (Wildman–Crippen MR) is 167 cm³/mol. The van der Waals surface area contributed by atoms with Crippen LogP contribution >= 0.6 is 0 Å². The second-order valence-electron chi connectivity index (χ2n) is 11.2. The van der Waals surface area contributed by atoms with Crippen LogP contribution in [0.15, 0.2) is 81.8 Å². The Hall–Kier alpha value is -4.82. The Bertz CT molecular complexity index is 1750. The summed E-state index contributed by atoms with van der Waals surface area (Å²) >= 11 is 0. The summed E-state index contributed by atoms with van der Waals surface area (Å²) in [5.74, 6) is -1.33. The Labute approximate surface area is 260 Å². The molecule has 3 aromatic rings. The minimum absolute atomic E-state index is 0.000213. The summed E-state index contributed by atoms with van der Waals surface area (Å²) in [5.41, 5.74) is 7.07. The maximum atomic E-state index is 13.1. The summed E-state index contributed by atoms with van der Waals surface area (Å²) in [6.45, 7) is 4.84. The fourth-order valence-electron chi connectivity index (χ4n) is 4.39. The van der Waals surface area contributed by atoms with Gasteiger partial charge in [-0.2, -0.15) is 9.71 Å². The number of amidine groups is 1.